The van der Waals surface area contributed by atoms with Crippen LogP contribution in [-0.2, 0) is 17.6 Å². The number of carboxylic acid groups (broad SMARTS) is 1. The van der Waals surface area contributed by atoms with Crippen LogP contribution in [0.15, 0.2) is 42.7 Å². The highest BCUT2D eigenvalue weighted by atomic mass is 19.1. The number of benzene rings is 1. The standard InChI is InChI=1S/C22H24FN3O3/c23-19-4-2-1-3-17(19)9-22(13-25-14-22)21(29)26-6-5-15(12-26)7-16-8-18(20(27)28)11-24-10-16/h1-4,8,10-11,15,25H,5-7,9,12-14H2,(H,27,28). The van der Waals surface area contributed by atoms with Crippen LogP contribution in [0.25, 0.3) is 0 Å². The van der Waals surface area contributed by atoms with Gasteiger partial charge in [-0.15, -0.1) is 0 Å². The van der Waals surface area contributed by atoms with E-state index in [9.17, 15) is 14.0 Å². The molecule has 152 valence electrons. The predicted octanol–water partition coefficient (Wildman–Crippen LogP) is 2.14. The smallest absolute Gasteiger partial charge is 0.337 e. The number of halogens is 1. The quantitative estimate of drug-likeness (QED) is 0.781. The maximum absolute atomic E-state index is 14.1. The number of nitrogens with one attached hydrogen (secondary N) is 1. The van der Waals surface area contributed by atoms with Gasteiger partial charge in [-0.2, -0.15) is 0 Å². The molecule has 1 aromatic heterocycles. The van der Waals surface area contributed by atoms with Gasteiger partial charge in [-0.05, 0) is 48.4 Å². The van der Waals surface area contributed by atoms with Crippen LogP contribution in [0.4, 0.5) is 4.39 Å². The first kappa shape index (κ1) is 19.5. The summed E-state index contributed by atoms with van der Waals surface area (Å²) in [6, 6.07) is 8.29. The van der Waals surface area contributed by atoms with Crippen molar-refractivity contribution in [2.75, 3.05) is 26.2 Å². The summed E-state index contributed by atoms with van der Waals surface area (Å²) in [7, 11) is 0. The van der Waals surface area contributed by atoms with Crippen LogP contribution in [-0.4, -0.2) is 53.0 Å². The van der Waals surface area contributed by atoms with Gasteiger partial charge in [-0.25, -0.2) is 9.18 Å². The Bertz CT molecular complexity index is 929. The minimum atomic E-state index is -0.991. The maximum atomic E-state index is 14.1. The third-order valence-corrected chi connectivity index (χ3v) is 6.01. The van der Waals surface area contributed by atoms with Gasteiger partial charge >= 0.3 is 5.97 Å². The molecule has 0 spiro atoms. The molecule has 0 saturated carbocycles. The molecule has 29 heavy (non-hydrogen) atoms. The number of hydrogen-bond donors (Lipinski definition) is 2. The van der Waals surface area contributed by atoms with Crippen LogP contribution >= 0.6 is 0 Å². The number of amides is 1. The molecule has 2 aliphatic rings. The summed E-state index contributed by atoms with van der Waals surface area (Å²) in [5.74, 6) is -0.908. The second-order valence-corrected chi connectivity index (χ2v) is 8.15. The van der Waals surface area contributed by atoms with Crippen molar-refractivity contribution in [2.45, 2.75) is 19.3 Å². The van der Waals surface area contributed by atoms with E-state index in [0.717, 1.165) is 12.0 Å². The minimum Gasteiger partial charge on any atom is -0.478 e. The molecule has 2 N–H and O–H groups in total. The molecule has 2 aliphatic heterocycles. The van der Waals surface area contributed by atoms with Gasteiger partial charge < -0.3 is 15.3 Å². The number of carbonyl (C=O) groups is 2. The highest BCUT2D eigenvalue weighted by Gasteiger charge is 2.47. The van der Waals surface area contributed by atoms with Crippen LogP contribution < -0.4 is 5.32 Å². The summed E-state index contributed by atoms with van der Waals surface area (Å²) in [6.07, 6.45) is 4.98. The van der Waals surface area contributed by atoms with Crippen molar-refractivity contribution in [1.29, 1.82) is 0 Å². The molecule has 6 nitrogen and oxygen atoms in total. The predicted molar refractivity (Wildman–Crippen MR) is 105 cm³/mol. The molecule has 0 bridgehead atoms. The summed E-state index contributed by atoms with van der Waals surface area (Å²) in [6.45, 7) is 2.43. The number of pyridine rings is 1. The molecule has 1 atom stereocenters. The van der Waals surface area contributed by atoms with Crippen molar-refractivity contribution in [3.05, 3.63) is 65.2 Å². The number of carboxylic acids is 1. The zero-order chi connectivity index (χ0) is 20.4. The largest absolute Gasteiger partial charge is 0.478 e. The molecule has 2 fully saturated rings. The summed E-state index contributed by atoms with van der Waals surface area (Å²) in [4.78, 5) is 30.3. The summed E-state index contributed by atoms with van der Waals surface area (Å²) in [5.41, 5.74) is 1.05. The Hall–Kier alpha value is -2.80. The lowest BCUT2D eigenvalue weighted by Crippen LogP contribution is -2.63. The van der Waals surface area contributed by atoms with Crippen LogP contribution in [0.1, 0.15) is 27.9 Å². The van der Waals surface area contributed by atoms with E-state index in [1.807, 2.05) is 4.90 Å². The van der Waals surface area contributed by atoms with Gasteiger partial charge in [0.1, 0.15) is 5.82 Å². The second kappa shape index (κ2) is 7.91. The van der Waals surface area contributed by atoms with Gasteiger partial charge in [-0.3, -0.25) is 9.78 Å². The number of carbonyl (C=O) groups excluding carboxylic acids is 1. The number of aromatic carboxylic acids is 1. The Morgan fingerprint density at radius 3 is 2.76 bits per heavy atom. The van der Waals surface area contributed by atoms with Crippen molar-refractivity contribution in [3.8, 4) is 0 Å². The summed E-state index contributed by atoms with van der Waals surface area (Å²) < 4.78 is 14.1. The fourth-order valence-electron chi connectivity index (χ4n) is 4.35. The third-order valence-electron chi connectivity index (χ3n) is 6.01. The molecule has 3 heterocycles. The lowest BCUT2D eigenvalue weighted by Gasteiger charge is -2.43. The molecule has 0 radical (unpaired) electrons. The summed E-state index contributed by atoms with van der Waals surface area (Å²) >= 11 is 0. The van der Waals surface area contributed by atoms with Gasteiger partial charge in [0.25, 0.3) is 0 Å². The maximum Gasteiger partial charge on any atom is 0.337 e. The molecule has 7 heteroatoms. The summed E-state index contributed by atoms with van der Waals surface area (Å²) in [5, 5.41) is 12.3. The van der Waals surface area contributed by atoms with Crippen LogP contribution in [0.2, 0.25) is 0 Å². The molecule has 0 aliphatic carbocycles. The van der Waals surface area contributed by atoms with E-state index >= 15 is 0 Å². The molecule has 2 aromatic rings. The number of rotatable bonds is 6. The average Bonchev–Trinajstić information content (AvgIpc) is 3.14. The second-order valence-electron chi connectivity index (χ2n) is 8.15. The van der Waals surface area contributed by atoms with Crippen molar-refractivity contribution >= 4 is 11.9 Å². The molecule has 4 rings (SSSR count). The zero-order valence-corrected chi connectivity index (χ0v) is 16.1. The van der Waals surface area contributed by atoms with Crippen molar-refractivity contribution in [3.63, 3.8) is 0 Å². The van der Waals surface area contributed by atoms with E-state index in [1.165, 1.54) is 12.3 Å². The highest BCUT2D eigenvalue weighted by molar-refractivity contribution is 5.87. The average molecular weight is 397 g/mol. The monoisotopic (exact) mass is 397 g/mol. The van der Waals surface area contributed by atoms with Crippen molar-refractivity contribution < 1.29 is 19.1 Å². The Morgan fingerprint density at radius 2 is 2.07 bits per heavy atom. The van der Waals surface area contributed by atoms with Gasteiger partial charge in [0.2, 0.25) is 5.91 Å². The third kappa shape index (κ3) is 4.00. The van der Waals surface area contributed by atoms with Gasteiger partial charge in [0.15, 0.2) is 0 Å². The number of nitrogens with zero attached hydrogens (tertiary/aromatic N) is 2. The Balaban J connectivity index is 1.41. The molecular formula is C22H24FN3O3. The number of hydrogen-bond acceptors (Lipinski definition) is 4. The van der Waals surface area contributed by atoms with Crippen LogP contribution in [0.5, 0.6) is 0 Å². The molecular weight excluding hydrogens is 373 g/mol. The molecule has 1 unspecified atom stereocenters. The fourth-order valence-corrected chi connectivity index (χ4v) is 4.35. The zero-order valence-electron chi connectivity index (χ0n) is 16.1. The number of aromatic nitrogens is 1. The Morgan fingerprint density at radius 1 is 1.28 bits per heavy atom. The Kier molecular flexibility index (Phi) is 5.32. The van der Waals surface area contributed by atoms with Gasteiger partial charge in [0.05, 0.1) is 11.0 Å². The normalized spacial score (nSPS) is 20.3. The minimum absolute atomic E-state index is 0.0828. The highest BCUT2D eigenvalue weighted by Crippen LogP contribution is 2.33. The van der Waals surface area contributed by atoms with E-state index in [2.05, 4.69) is 10.3 Å². The van der Waals surface area contributed by atoms with E-state index in [-0.39, 0.29) is 23.2 Å². The first-order valence-corrected chi connectivity index (χ1v) is 9.87. The van der Waals surface area contributed by atoms with Crippen molar-refractivity contribution in [2.24, 2.45) is 11.3 Å². The lowest BCUT2D eigenvalue weighted by atomic mass is 9.75. The Labute approximate surface area is 168 Å². The van der Waals surface area contributed by atoms with Crippen molar-refractivity contribution in [1.82, 2.24) is 15.2 Å². The first-order valence-electron chi connectivity index (χ1n) is 9.87. The molecule has 1 aromatic carbocycles. The van der Waals surface area contributed by atoms with Crippen LogP contribution in [0, 0.1) is 17.2 Å². The van der Waals surface area contributed by atoms with E-state index < -0.39 is 11.4 Å². The van der Waals surface area contributed by atoms with E-state index in [1.54, 1.807) is 30.5 Å². The SMILES string of the molecule is O=C(O)c1cncc(CC2CCN(C(=O)C3(Cc4ccccc4F)CNC3)C2)c1. The van der Waals surface area contributed by atoms with Gasteiger partial charge in [0, 0.05) is 38.6 Å². The molecule has 2 saturated heterocycles. The first-order chi connectivity index (χ1) is 14.0. The lowest BCUT2D eigenvalue weighted by molar-refractivity contribution is -0.144. The fraction of sp³-hybridized carbons (Fsp3) is 0.409. The van der Waals surface area contributed by atoms with Gasteiger partial charge in [-0.1, -0.05) is 18.2 Å². The number of likely N-dealkylation sites (tertiary alicyclic amines) is 1. The van der Waals surface area contributed by atoms with E-state index in [4.69, 9.17) is 5.11 Å². The molecule has 1 amide bonds. The topological polar surface area (TPSA) is 82.5 Å². The van der Waals surface area contributed by atoms with Crippen LogP contribution in [0.3, 0.4) is 0 Å². The van der Waals surface area contributed by atoms with E-state index in [0.29, 0.717) is 44.6 Å².